The van der Waals surface area contributed by atoms with Gasteiger partial charge in [-0.3, -0.25) is 0 Å². The van der Waals surface area contributed by atoms with Gasteiger partial charge in [0.25, 0.3) is 0 Å². The summed E-state index contributed by atoms with van der Waals surface area (Å²) in [6.07, 6.45) is 7.44. The quantitative estimate of drug-likeness (QED) is 0.656. The zero-order valence-electron chi connectivity index (χ0n) is 10.5. The molecule has 0 bridgehead atoms. The number of hydrogen-bond acceptors (Lipinski definition) is 3. The second-order valence-electron chi connectivity index (χ2n) is 5.09. The van der Waals surface area contributed by atoms with Gasteiger partial charge >= 0.3 is 0 Å². The maximum atomic E-state index is 5.06. The lowest BCUT2D eigenvalue weighted by Gasteiger charge is -2.41. The highest BCUT2D eigenvalue weighted by Crippen LogP contribution is 2.42. The Morgan fingerprint density at radius 1 is 1.44 bits per heavy atom. The summed E-state index contributed by atoms with van der Waals surface area (Å²) in [7, 11) is 3.91. The van der Waals surface area contributed by atoms with Crippen LogP contribution in [0, 0.1) is 11.8 Å². The lowest BCUT2D eigenvalue weighted by molar-refractivity contribution is 0.145. The molecule has 3 heteroatoms. The van der Waals surface area contributed by atoms with E-state index in [-0.39, 0.29) is 0 Å². The van der Waals surface area contributed by atoms with E-state index in [2.05, 4.69) is 29.4 Å². The van der Waals surface area contributed by atoms with Gasteiger partial charge in [0.05, 0.1) is 6.61 Å². The Bertz CT molecular complexity index is 242. The number of nitrogens with one attached hydrogen (secondary N) is 1. The topological polar surface area (TPSA) is 24.5 Å². The molecular formula is C13H24N2O. The molecule has 1 saturated carbocycles. The molecule has 16 heavy (non-hydrogen) atoms. The zero-order chi connectivity index (χ0) is 11.4. The second kappa shape index (κ2) is 5.80. The van der Waals surface area contributed by atoms with Crippen molar-refractivity contribution in [2.45, 2.75) is 18.9 Å². The summed E-state index contributed by atoms with van der Waals surface area (Å²) >= 11 is 0. The van der Waals surface area contributed by atoms with Crippen LogP contribution < -0.4 is 5.32 Å². The van der Waals surface area contributed by atoms with E-state index in [9.17, 15) is 0 Å². The molecule has 92 valence electrons. The molecule has 0 aromatic heterocycles. The van der Waals surface area contributed by atoms with Crippen molar-refractivity contribution >= 4 is 0 Å². The Morgan fingerprint density at radius 2 is 2.31 bits per heavy atom. The molecule has 0 saturated heterocycles. The monoisotopic (exact) mass is 224 g/mol. The Balaban J connectivity index is 1.53. The van der Waals surface area contributed by atoms with Crippen molar-refractivity contribution in [2.24, 2.45) is 11.8 Å². The SMILES string of the molecule is COCCN(C)CCNC1CC2CC=CC21. The van der Waals surface area contributed by atoms with Crippen LogP contribution in [0.5, 0.6) is 0 Å². The zero-order valence-corrected chi connectivity index (χ0v) is 10.5. The highest BCUT2D eigenvalue weighted by atomic mass is 16.5. The van der Waals surface area contributed by atoms with E-state index >= 15 is 0 Å². The number of ether oxygens (including phenoxy) is 1. The molecule has 0 aromatic carbocycles. The molecule has 1 fully saturated rings. The van der Waals surface area contributed by atoms with Crippen molar-refractivity contribution < 1.29 is 4.74 Å². The molecule has 3 unspecified atom stereocenters. The minimum absolute atomic E-state index is 0.750. The number of hydrogen-bond donors (Lipinski definition) is 1. The van der Waals surface area contributed by atoms with E-state index in [1.54, 1.807) is 7.11 Å². The van der Waals surface area contributed by atoms with Crippen LogP contribution in [0.3, 0.4) is 0 Å². The van der Waals surface area contributed by atoms with Crippen LogP contribution in [0.15, 0.2) is 12.2 Å². The smallest absolute Gasteiger partial charge is 0.0589 e. The van der Waals surface area contributed by atoms with Crippen molar-refractivity contribution in [3.05, 3.63) is 12.2 Å². The Labute approximate surface area is 98.8 Å². The van der Waals surface area contributed by atoms with Crippen LogP contribution in [0.1, 0.15) is 12.8 Å². The minimum atomic E-state index is 0.750. The summed E-state index contributed by atoms with van der Waals surface area (Å²) in [5.74, 6) is 1.80. The third-order valence-corrected chi connectivity index (χ3v) is 3.94. The predicted molar refractivity (Wildman–Crippen MR) is 66.5 cm³/mol. The number of allylic oxidation sites excluding steroid dienone is 1. The van der Waals surface area contributed by atoms with E-state index in [0.29, 0.717) is 0 Å². The first-order valence-corrected chi connectivity index (χ1v) is 6.39. The van der Waals surface area contributed by atoms with Gasteiger partial charge in [-0.15, -0.1) is 0 Å². The van der Waals surface area contributed by atoms with E-state index in [1.807, 2.05) is 0 Å². The maximum Gasteiger partial charge on any atom is 0.0589 e. The van der Waals surface area contributed by atoms with Crippen molar-refractivity contribution in [1.82, 2.24) is 10.2 Å². The highest BCUT2D eigenvalue weighted by molar-refractivity contribution is 5.12. The molecule has 3 atom stereocenters. The van der Waals surface area contributed by atoms with Gasteiger partial charge in [0.2, 0.25) is 0 Å². The van der Waals surface area contributed by atoms with Gasteiger partial charge in [-0.1, -0.05) is 12.2 Å². The molecule has 3 nitrogen and oxygen atoms in total. The van der Waals surface area contributed by atoms with Crippen LogP contribution in [0.25, 0.3) is 0 Å². The van der Waals surface area contributed by atoms with Gasteiger partial charge in [0.15, 0.2) is 0 Å². The summed E-state index contributed by atoms with van der Waals surface area (Å²) in [5, 5.41) is 3.66. The van der Waals surface area contributed by atoms with E-state index in [1.165, 1.54) is 12.8 Å². The number of methoxy groups -OCH3 is 1. The summed E-state index contributed by atoms with van der Waals surface area (Å²) in [5.41, 5.74) is 0. The normalized spacial score (nSPS) is 31.8. The first kappa shape index (κ1) is 12.1. The molecule has 0 aliphatic heterocycles. The second-order valence-corrected chi connectivity index (χ2v) is 5.09. The largest absolute Gasteiger partial charge is 0.383 e. The highest BCUT2D eigenvalue weighted by Gasteiger charge is 2.40. The first-order valence-electron chi connectivity index (χ1n) is 6.39. The van der Waals surface area contributed by atoms with E-state index in [4.69, 9.17) is 4.74 Å². The number of likely N-dealkylation sites (N-methyl/N-ethyl adjacent to an activating group) is 1. The van der Waals surface area contributed by atoms with Gasteiger partial charge in [-0.2, -0.15) is 0 Å². The summed E-state index contributed by atoms with van der Waals surface area (Å²) < 4.78 is 5.06. The third-order valence-electron chi connectivity index (χ3n) is 3.94. The van der Waals surface area contributed by atoms with Crippen LogP contribution in [0.4, 0.5) is 0 Å². The number of fused-ring (bicyclic) bond motifs is 1. The average Bonchev–Trinajstić information content (AvgIpc) is 2.63. The summed E-state index contributed by atoms with van der Waals surface area (Å²) in [6, 6.07) is 0.750. The van der Waals surface area contributed by atoms with Gasteiger partial charge in [-0.25, -0.2) is 0 Å². The molecule has 0 heterocycles. The van der Waals surface area contributed by atoms with E-state index in [0.717, 1.165) is 44.1 Å². The predicted octanol–water partition coefficient (Wildman–Crippen LogP) is 1.12. The fraction of sp³-hybridized carbons (Fsp3) is 0.846. The van der Waals surface area contributed by atoms with Crippen molar-refractivity contribution in [1.29, 1.82) is 0 Å². The van der Waals surface area contributed by atoms with Crippen LogP contribution in [-0.4, -0.2) is 51.3 Å². The maximum absolute atomic E-state index is 5.06. The summed E-state index contributed by atoms with van der Waals surface area (Å²) in [6.45, 7) is 4.06. The molecule has 2 aliphatic carbocycles. The number of nitrogens with zero attached hydrogens (tertiary/aromatic N) is 1. The number of rotatable bonds is 7. The standard InChI is InChI=1S/C13H24N2O/c1-15(8-9-16-2)7-6-14-13-10-11-4-3-5-12(11)13/h3,5,11-14H,4,6-10H2,1-2H3. The summed E-state index contributed by atoms with van der Waals surface area (Å²) in [4.78, 5) is 2.32. The van der Waals surface area contributed by atoms with Gasteiger partial charge in [0.1, 0.15) is 0 Å². The van der Waals surface area contributed by atoms with E-state index < -0.39 is 0 Å². The van der Waals surface area contributed by atoms with Crippen molar-refractivity contribution in [3.8, 4) is 0 Å². The molecular weight excluding hydrogens is 200 g/mol. The van der Waals surface area contributed by atoms with Crippen LogP contribution in [0.2, 0.25) is 0 Å². The van der Waals surface area contributed by atoms with Gasteiger partial charge in [-0.05, 0) is 31.7 Å². The molecule has 0 spiro atoms. The van der Waals surface area contributed by atoms with Gasteiger partial charge in [0, 0.05) is 32.8 Å². The average molecular weight is 224 g/mol. The molecule has 0 radical (unpaired) electrons. The fourth-order valence-corrected chi connectivity index (χ4v) is 2.75. The Morgan fingerprint density at radius 3 is 3.06 bits per heavy atom. The molecule has 2 rings (SSSR count). The Kier molecular flexibility index (Phi) is 4.38. The Hall–Kier alpha value is -0.380. The molecule has 1 N–H and O–H groups in total. The third kappa shape index (κ3) is 2.84. The molecule has 0 amide bonds. The van der Waals surface area contributed by atoms with Crippen molar-refractivity contribution in [3.63, 3.8) is 0 Å². The molecule has 0 aromatic rings. The minimum Gasteiger partial charge on any atom is -0.383 e. The molecule has 2 aliphatic rings. The van der Waals surface area contributed by atoms with Crippen molar-refractivity contribution in [2.75, 3.05) is 40.4 Å². The van der Waals surface area contributed by atoms with Gasteiger partial charge < -0.3 is 15.0 Å². The first-order chi connectivity index (χ1) is 7.81. The van der Waals surface area contributed by atoms with Crippen LogP contribution in [-0.2, 0) is 4.74 Å². The lowest BCUT2D eigenvalue weighted by Crippen LogP contribution is -2.49. The fourth-order valence-electron chi connectivity index (χ4n) is 2.75. The van der Waals surface area contributed by atoms with Crippen LogP contribution >= 0.6 is 0 Å². The lowest BCUT2D eigenvalue weighted by atomic mass is 9.71.